The summed E-state index contributed by atoms with van der Waals surface area (Å²) >= 11 is 1.47. The van der Waals surface area contributed by atoms with Gasteiger partial charge in [-0.1, -0.05) is 51.0 Å². The second-order valence-corrected chi connectivity index (χ2v) is 8.94. The van der Waals surface area contributed by atoms with Gasteiger partial charge >= 0.3 is 0 Å². The van der Waals surface area contributed by atoms with Crippen LogP contribution in [0, 0.1) is 0 Å². The molecule has 4 rings (SSSR count). The van der Waals surface area contributed by atoms with Gasteiger partial charge in [0.1, 0.15) is 11.4 Å². The van der Waals surface area contributed by atoms with E-state index in [0.29, 0.717) is 11.3 Å². The third kappa shape index (κ3) is 4.13. The molecule has 1 aliphatic heterocycles. The minimum atomic E-state index is -0.137. The molecule has 0 radical (unpaired) electrons. The molecule has 2 aromatic heterocycles. The first-order valence-corrected chi connectivity index (χ1v) is 11.3. The average molecular weight is 410 g/mol. The lowest BCUT2D eigenvalue weighted by Crippen LogP contribution is -2.37. The van der Waals surface area contributed by atoms with Gasteiger partial charge in [-0.25, -0.2) is 4.98 Å². The molecule has 0 atom stereocenters. The number of rotatable bonds is 4. The maximum absolute atomic E-state index is 13.2. The first-order valence-electron chi connectivity index (χ1n) is 10.4. The molecule has 0 aliphatic carbocycles. The van der Waals surface area contributed by atoms with Gasteiger partial charge in [0, 0.05) is 24.0 Å². The van der Waals surface area contributed by atoms with Crippen molar-refractivity contribution in [2.75, 3.05) is 13.1 Å². The van der Waals surface area contributed by atoms with Crippen LogP contribution in [0.1, 0.15) is 51.0 Å². The van der Waals surface area contributed by atoms with Crippen molar-refractivity contribution >= 4 is 27.5 Å². The smallest absolute Gasteiger partial charge is 0.263 e. The highest BCUT2D eigenvalue weighted by Crippen LogP contribution is 2.31. The Hall–Kier alpha value is -2.47. The lowest BCUT2D eigenvalue weighted by molar-refractivity contribution is -0.131. The van der Waals surface area contributed by atoms with Crippen LogP contribution in [-0.2, 0) is 11.3 Å². The molecule has 0 spiro atoms. The highest BCUT2D eigenvalue weighted by molar-refractivity contribution is 7.17. The highest BCUT2D eigenvalue weighted by atomic mass is 32.1. The summed E-state index contributed by atoms with van der Waals surface area (Å²) in [5.41, 5.74) is 3.04. The van der Waals surface area contributed by atoms with E-state index in [1.165, 1.54) is 40.6 Å². The highest BCUT2D eigenvalue weighted by Gasteiger charge is 2.19. The number of fused-ring (bicyclic) bond motifs is 1. The summed E-state index contributed by atoms with van der Waals surface area (Å²) in [4.78, 5) is 33.0. The van der Waals surface area contributed by atoms with Crippen LogP contribution in [0.4, 0.5) is 0 Å². The zero-order valence-electron chi connectivity index (χ0n) is 17.1. The summed E-state index contributed by atoms with van der Waals surface area (Å²) < 4.78 is 1.47. The van der Waals surface area contributed by atoms with Crippen molar-refractivity contribution in [1.82, 2.24) is 14.5 Å². The summed E-state index contributed by atoms with van der Waals surface area (Å²) in [5, 5.41) is 2.60. The van der Waals surface area contributed by atoms with E-state index in [4.69, 9.17) is 0 Å². The van der Waals surface area contributed by atoms with E-state index >= 15 is 0 Å². The van der Waals surface area contributed by atoms with E-state index in [1.807, 2.05) is 10.3 Å². The number of nitrogens with zero attached hydrogens (tertiary/aromatic N) is 3. The Balaban J connectivity index is 1.65. The summed E-state index contributed by atoms with van der Waals surface area (Å²) in [5.74, 6) is 0.473. The van der Waals surface area contributed by atoms with Gasteiger partial charge in [-0.3, -0.25) is 14.2 Å². The average Bonchev–Trinajstić information content (AvgIpc) is 2.96. The largest absolute Gasteiger partial charge is 0.341 e. The van der Waals surface area contributed by atoms with E-state index in [2.05, 4.69) is 43.1 Å². The molecule has 0 saturated carbocycles. The van der Waals surface area contributed by atoms with Crippen molar-refractivity contribution in [2.24, 2.45) is 0 Å². The number of carbonyl (C=O) groups is 1. The van der Waals surface area contributed by atoms with E-state index in [0.717, 1.165) is 41.9 Å². The quantitative estimate of drug-likeness (QED) is 0.630. The van der Waals surface area contributed by atoms with Crippen molar-refractivity contribution in [3.05, 3.63) is 51.9 Å². The molecule has 1 fully saturated rings. The predicted octanol–water partition coefficient (Wildman–Crippen LogP) is 4.65. The molecule has 3 heterocycles. The van der Waals surface area contributed by atoms with Crippen LogP contribution in [0.5, 0.6) is 0 Å². The Morgan fingerprint density at radius 2 is 1.79 bits per heavy atom. The Morgan fingerprint density at radius 1 is 1.10 bits per heavy atom. The summed E-state index contributed by atoms with van der Waals surface area (Å²) in [6, 6.07) is 8.36. The second kappa shape index (κ2) is 8.49. The number of hydrogen-bond donors (Lipinski definition) is 0. The van der Waals surface area contributed by atoms with Gasteiger partial charge in [0.25, 0.3) is 5.56 Å². The molecule has 1 amide bonds. The van der Waals surface area contributed by atoms with Gasteiger partial charge in [-0.05, 0) is 29.9 Å². The summed E-state index contributed by atoms with van der Waals surface area (Å²) in [6.45, 7) is 5.96. The molecular weight excluding hydrogens is 382 g/mol. The number of carbonyl (C=O) groups excluding carboxylic acids is 1. The maximum Gasteiger partial charge on any atom is 0.263 e. The second-order valence-electron chi connectivity index (χ2n) is 8.08. The summed E-state index contributed by atoms with van der Waals surface area (Å²) in [7, 11) is 0. The normalized spacial score (nSPS) is 15.1. The van der Waals surface area contributed by atoms with Gasteiger partial charge in [-0.2, -0.15) is 0 Å². The van der Waals surface area contributed by atoms with E-state index in [-0.39, 0.29) is 18.0 Å². The van der Waals surface area contributed by atoms with Gasteiger partial charge in [0.05, 0.1) is 11.7 Å². The van der Waals surface area contributed by atoms with Crippen LogP contribution in [0.2, 0.25) is 0 Å². The van der Waals surface area contributed by atoms with E-state index < -0.39 is 0 Å². The zero-order chi connectivity index (χ0) is 20.4. The molecule has 3 aromatic rings. The molecule has 0 N–H and O–H groups in total. The molecule has 29 heavy (non-hydrogen) atoms. The molecule has 6 heteroatoms. The lowest BCUT2D eigenvalue weighted by Gasteiger charge is -2.20. The molecule has 0 bridgehead atoms. The van der Waals surface area contributed by atoms with Gasteiger partial charge in [0.15, 0.2) is 0 Å². The predicted molar refractivity (Wildman–Crippen MR) is 118 cm³/mol. The first kappa shape index (κ1) is 19.8. The number of hydrogen-bond acceptors (Lipinski definition) is 4. The molecule has 5 nitrogen and oxygen atoms in total. The number of thiophene rings is 1. The van der Waals surface area contributed by atoms with Crippen molar-refractivity contribution < 1.29 is 4.79 Å². The third-order valence-electron chi connectivity index (χ3n) is 5.71. The fourth-order valence-corrected chi connectivity index (χ4v) is 4.81. The summed E-state index contributed by atoms with van der Waals surface area (Å²) in [6.07, 6.45) is 5.94. The van der Waals surface area contributed by atoms with Crippen LogP contribution in [0.25, 0.3) is 21.3 Å². The van der Waals surface area contributed by atoms with Crippen LogP contribution >= 0.6 is 11.3 Å². The third-order valence-corrected chi connectivity index (χ3v) is 6.60. The molecule has 1 aliphatic rings. The van der Waals surface area contributed by atoms with Crippen molar-refractivity contribution in [3.63, 3.8) is 0 Å². The molecule has 1 saturated heterocycles. The Bertz CT molecular complexity index is 1060. The standard InChI is InChI=1S/C23H27N3O2S/c1-16(2)17-7-9-18(10-8-17)19-14-29-22-21(19)23(28)26(15-24-22)13-20(27)25-11-5-3-4-6-12-25/h7-10,14-16H,3-6,11-13H2,1-2H3. The van der Waals surface area contributed by atoms with Crippen LogP contribution < -0.4 is 5.56 Å². The number of likely N-dealkylation sites (tertiary alicyclic amines) is 1. The monoisotopic (exact) mass is 409 g/mol. The SMILES string of the molecule is CC(C)c1ccc(-c2csc3ncn(CC(=O)N4CCCCCC4)c(=O)c23)cc1. The fraction of sp³-hybridized carbons (Fsp3) is 0.435. The number of benzene rings is 1. The minimum Gasteiger partial charge on any atom is -0.341 e. The van der Waals surface area contributed by atoms with Crippen LogP contribution in [-0.4, -0.2) is 33.4 Å². The van der Waals surface area contributed by atoms with Crippen molar-refractivity contribution in [2.45, 2.75) is 52.0 Å². The Morgan fingerprint density at radius 3 is 2.45 bits per heavy atom. The van der Waals surface area contributed by atoms with E-state index in [1.54, 1.807) is 0 Å². The molecular formula is C23H27N3O2S. The van der Waals surface area contributed by atoms with Gasteiger partial charge in [-0.15, -0.1) is 11.3 Å². The van der Waals surface area contributed by atoms with Crippen molar-refractivity contribution in [1.29, 1.82) is 0 Å². The van der Waals surface area contributed by atoms with Crippen LogP contribution in [0.15, 0.2) is 40.8 Å². The number of aromatic nitrogens is 2. The molecule has 152 valence electrons. The van der Waals surface area contributed by atoms with Crippen LogP contribution in [0.3, 0.4) is 0 Å². The Kier molecular flexibility index (Phi) is 5.81. The molecule has 1 aromatic carbocycles. The molecule has 0 unspecified atom stereocenters. The minimum absolute atomic E-state index is 0.00761. The maximum atomic E-state index is 13.2. The topological polar surface area (TPSA) is 55.2 Å². The Labute approximate surface area is 175 Å². The number of amides is 1. The van der Waals surface area contributed by atoms with E-state index in [9.17, 15) is 9.59 Å². The lowest BCUT2D eigenvalue weighted by atomic mass is 9.99. The first-order chi connectivity index (χ1) is 14.0. The van der Waals surface area contributed by atoms with Crippen molar-refractivity contribution in [3.8, 4) is 11.1 Å². The zero-order valence-corrected chi connectivity index (χ0v) is 17.9. The van der Waals surface area contributed by atoms with Gasteiger partial charge < -0.3 is 4.90 Å². The van der Waals surface area contributed by atoms with Gasteiger partial charge in [0.2, 0.25) is 5.91 Å². The fourth-order valence-electron chi connectivity index (χ4n) is 3.91.